The standard InChI is InChI=1S/2C10H14N2O2/c1-12-7-8-6-10(13-4-5-14-10)3-2-9(8)11-12;1-12-9-2-3-10(13-4-5-14-10)6-8(9)7-11-12/h2*7H,2-6H2,1H3. The van der Waals surface area contributed by atoms with Crippen molar-refractivity contribution in [3.05, 3.63) is 34.9 Å². The van der Waals surface area contributed by atoms with E-state index in [-0.39, 0.29) is 11.6 Å². The van der Waals surface area contributed by atoms with E-state index in [4.69, 9.17) is 18.9 Å². The molecule has 0 N–H and O–H groups in total. The molecule has 0 unspecified atom stereocenters. The first kappa shape index (κ1) is 18.3. The molecule has 0 bridgehead atoms. The Morgan fingerprint density at radius 2 is 1.46 bits per heavy atom. The predicted molar refractivity (Wildman–Crippen MR) is 99.7 cm³/mol. The van der Waals surface area contributed by atoms with Crippen molar-refractivity contribution in [1.29, 1.82) is 0 Å². The van der Waals surface area contributed by atoms with Crippen LogP contribution in [0, 0.1) is 0 Å². The van der Waals surface area contributed by atoms with E-state index in [1.807, 2.05) is 29.7 Å². The minimum absolute atomic E-state index is 0.323. The minimum Gasteiger partial charge on any atom is -0.347 e. The first-order chi connectivity index (χ1) is 13.6. The molecular weight excluding hydrogens is 360 g/mol. The Hall–Kier alpha value is -1.74. The average Bonchev–Trinajstić information content (AvgIpc) is 3.46. The second-order valence-electron chi connectivity index (χ2n) is 8.08. The van der Waals surface area contributed by atoms with Gasteiger partial charge in [-0.25, -0.2) is 0 Å². The van der Waals surface area contributed by atoms with Gasteiger partial charge in [0.15, 0.2) is 11.6 Å². The van der Waals surface area contributed by atoms with Gasteiger partial charge in [-0.2, -0.15) is 10.2 Å². The second kappa shape index (κ2) is 6.95. The smallest absolute Gasteiger partial charge is 0.172 e. The molecule has 2 aromatic rings. The SMILES string of the molecule is Cn1cc2c(n1)CCC1(C2)OCCO1.Cn1ncc2c1CCC1(C2)OCCO1. The largest absolute Gasteiger partial charge is 0.347 e. The number of aryl methyl sites for hydroxylation is 3. The molecule has 8 nitrogen and oxygen atoms in total. The van der Waals surface area contributed by atoms with Gasteiger partial charge in [0, 0.05) is 51.7 Å². The maximum atomic E-state index is 5.69. The first-order valence-electron chi connectivity index (χ1n) is 10.1. The Bertz CT molecular complexity index is 831. The van der Waals surface area contributed by atoms with Crippen LogP contribution in [0.15, 0.2) is 12.4 Å². The molecule has 4 heterocycles. The third-order valence-electron chi connectivity index (χ3n) is 6.17. The van der Waals surface area contributed by atoms with Gasteiger partial charge >= 0.3 is 0 Å². The average molecular weight is 388 g/mol. The molecule has 0 aromatic carbocycles. The van der Waals surface area contributed by atoms with Crippen molar-refractivity contribution < 1.29 is 18.9 Å². The Morgan fingerprint density at radius 1 is 0.857 bits per heavy atom. The number of hydrogen-bond donors (Lipinski definition) is 0. The quantitative estimate of drug-likeness (QED) is 0.678. The van der Waals surface area contributed by atoms with E-state index in [2.05, 4.69) is 16.4 Å². The first-order valence-corrected chi connectivity index (χ1v) is 10.1. The number of aromatic nitrogens is 4. The van der Waals surface area contributed by atoms with Gasteiger partial charge in [-0.3, -0.25) is 9.36 Å². The fraction of sp³-hybridized carbons (Fsp3) is 0.700. The van der Waals surface area contributed by atoms with Crippen LogP contribution < -0.4 is 0 Å². The van der Waals surface area contributed by atoms with Gasteiger partial charge < -0.3 is 18.9 Å². The summed E-state index contributed by atoms with van der Waals surface area (Å²) >= 11 is 0. The minimum atomic E-state index is -0.323. The fourth-order valence-electron chi connectivity index (χ4n) is 4.78. The molecule has 6 rings (SSSR count). The van der Waals surface area contributed by atoms with Crippen LogP contribution in [-0.4, -0.2) is 57.6 Å². The maximum Gasteiger partial charge on any atom is 0.172 e. The second-order valence-corrected chi connectivity index (χ2v) is 8.08. The van der Waals surface area contributed by atoms with Crippen LogP contribution in [0.5, 0.6) is 0 Å². The van der Waals surface area contributed by atoms with Crippen LogP contribution in [0.3, 0.4) is 0 Å². The van der Waals surface area contributed by atoms with Crippen molar-refractivity contribution in [2.75, 3.05) is 26.4 Å². The topological polar surface area (TPSA) is 72.6 Å². The summed E-state index contributed by atoms with van der Waals surface area (Å²) in [5.74, 6) is -0.647. The van der Waals surface area contributed by atoms with Crippen molar-refractivity contribution in [2.24, 2.45) is 14.1 Å². The third kappa shape index (κ3) is 3.28. The summed E-state index contributed by atoms with van der Waals surface area (Å²) in [6.45, 7) is 2.93. The van der Waals surface area contributed by atoms with Crippen molar-refractivity contribution in [3.63, 3.8) is 0 Å². The van der Waals surface area contributed by atoms with Gasteiger partial charge in [0.1, 0.15) is 0 Å². The lowest BCUT2D eigenvalue weighted by atomic mass is 9.92. The Labute approximate surface area is 164 Å². The zero-order chi connectivity index (χ0) is 19.2. The Balaban J connectivity index is 0.000000122. The van der Waals surface area contributed by atoms with Crippen LogP contribution in [0.1, 0.15) is 35.4 Å². The third-order valence-corrected chi connectivity index (χ3v) is 6.17. The molecule has 0 radical (unpaired) electrons. The summed E-state index contributed by atoms with van der Waals surface area (Å²) in [5, 5.41) is 8.67. The van der Waals surface area contributed by atoms with E-state index < -0.39 is 0 Å². The number of fused-ring (bicyclic) bond motifs is 2. The van der Waals surface area contributed by atoms with Crippen LogP contribution in [-0.2, 0) is 58.7 Å². The van der Waals surface area contributed by atoms with E-state index in [9.17, 15) is 0 Å². The van der Waals surface area contributed by atoms with Gasteiger partial charge in [0.2, 0.25) is 0 Å². The lowest BCUT2D eigenvalue weighted by Gasteiger charge is -2.31. The fourth-order valence-corrected chi connectivity index (χ4v) is 4.78. The van der Waals surface area contributed by atoms with Crippen molar-refractivity contribution in [2.45, 2.75) is 50.1 Å². The molecule has 4 aliphatic rings. The van der Waals surface area contributed by atoms with E-state index in [0.29, 0.717) is 0 Å². The predicted octanol–water partition coefficient (Wildman–Crippen LogP) is 1.30. The van der Waals surface area contributed by atoms with Gasteiger partial charge in [-0.15, -0.1) is 0 Å². The zero-order valence-electron chi connectivity index (χ0n) is 16.6. The Morgan fingerprint density at radius 3 is 2.14 bits per heavy atom. The van der Waals surface area contributed by atoms with Gasteiger partial charge in [-0.1, -0.05) is 0 Å². The highest BCUT2D eigenvalue weighted by Crippen LogP contribution is 2.35. The zero-order valence-corrected chi connectivity index (χ0v) is 16.6. The van der Waals surface area contributed by atoms with Crippen LogP contribution >= 0.6 is 0 Å². The monoisotopic (exact) mass is 388 g/mol. The highest BCUT2D eigenvalue weighted by molar-refractivity contribution is 5.24. The molecule has 2 fully saturated rings. The molecule has 0 atom stereocenters. The summed E-state index contributed by atoms with van der Waals surface area (Å²) in [6, 6.07) is 0. The highest BCUT2D eigenvalue weighted by atomic mass is 16.7. The summed E-state index contributed by atoms with van der Waals surface area (Å²) in [6.07, 6.45) is 9.59. The normalized spacial score (nSPS) is 24.1. The molecule has 8 heteroatoms. The van der Waals surface area contributed by atoms with E-state index in [0.717, 1.165) is 65.0 Å². The van der Waals surface area contributed by atoms with Gasteiger partial charge in [0.05, 0.1) is 38.3 Å². The van der Waals surface area contributed by atoms with E-state index in [1.165, 1.54) is 22.5 Å². The van der Waals surface area contributed by atoms with Crippen LogP contribution in [0.2, 0.25) is 0 Å². The Kier molecular flexibility index (Phi) is 4.54. The van der Waals surface area contributed by atoms with Gasteiger partial charge in [-0.05, 0) is 24.0 Å². The van der Waals surface area contributed by atoms with E-state index in [1.54, 1.807) is 0 Å². The van der Waals surface area contributed by atoms with Gasteiger partial charge in [0.25, 0.3) is 0 Å². The molecule has 2 saturated heterocycles. The van der Waals surface area contributed by atoms with Crippen LogP contribution in [0.4, 0.5) is 0 Å². The lowest BCUT2D eigenvalue weighted by molar-refractivity contribution is -0.164. The summed E-state index contributed by atoms with van der Waals surface area (Å²) in [4.78, 5) is 0. The highest BCUT2D eigenvalue weighted by Gasteiger charge is 2.41. The molecule has 152 valence electrons. The summed E-state index contributed by atoms with van der Waals surface area (Å²) in [5.41, 5.74) is 5.09. The lowest BCUT2D eigenvalue weighted by Crippen LogP contribution is -2.37. The molecule has 2 aliphatic carbocycles. The molecule has 28 heavy (non-hydrogen) atoms. The van der Waals surface area contributed by atoms with E-state index >= 15 is 0 Å². The molecule has 0 saturated carbocycles. The summed E-state index contributed by atoms with van der Waals surface area (Å²) < 4.78 is 26.6. The van der Waals surface area contributed by atoms with Crippen molar-refractivity contribution in [1.82, 2.24) is 19.6 Å². The molecule has 2 spiro atoms. The number of hydrogen-bond acceptors (Lipinski definition) is 6. The number of nitrogens with zero attached hydrogens (tertiary/aromatic N) is 4. The summed E-state index contributed by atoms with van der Waals surface area (Å²) in [7, 11) is 3.95. The van der Waals surface area contributed by atoms with Crippen molar-refractivity contribution >= 4 is 0 Å². The number of rotatable bonds is 0. The molecule has 2 aliphatic heterocycles. The molecular formula is C20H28N4O4. The molecule has 2 aromatic heterocycles. The van der Waals surface area contributed by atoms with Crippen molar-refractivity contribution in [3.8, 4) is 0 Å². The van der Waals surface area contributed by atoms with Crippen LogP contribution in [0.25, 0.3) is 0 Å². The molecule has 0 amide bonds. The number of ether oxygens (including phenoxy) is 4. The maximum absolute atomic E-state index is 5.69.